The van der Waals surface area contributed by atoms with E-state index in [1.54, 1.807) is 6.92 Å². The summed E-state index contributed by atoms with van der Waals surface area (Å²) >= 11 is 0. The van der Waals surface area contributed by atoms with E-state index in [1.807, 2.05) is 4.90 Å². The molecule has 0 bridgehead atoms. The Morgan fingerprint density at radius 1 is 1.50 bits per heavy atom. The van der Waals surface area contributed by atoms with Crippen molar-refractivity contribution in [3.05, 3.63) is 11.5 Å². The summed E-state index contributed by atoms with van der Waals surface area (Å²) in [5.41, 5.74) is 0.680. The molecule has 1 saturated heterocycles. The van der Waals surface area contributed by atoms with E-state index < -0.39 is 5.97 Å². The van der Waals surface area contributed by atoms with Crippen molar-refractivity contribution in [2.45, 2.75) is 19.8 Å². The molecule has 5 heteroatoms. The lowest BCUT2D eigenvalue weighted by atomic mass is 10.3. The molecule has 14 heavy (non-hydrogen) atoms. The Labute approximate surface area is 81.3 Å². The van der Waals surface area contributed by atoms with Crippen molar-refractivity contribution >= 4 is 11.7 Å². The van der Waals surface area contributed by atoms with Gasteiger partial charge >= 0.3 is 5.97 Å². The van der Waals surface area contributed by atoms with E-state index in [-0.39, 0.29) is 5.69 Å². The number of aromatic carboxylic acids is 1. The fourth-order valence-corrected chi connectivity index (χ4v) is 1.82. The summed E-state index contributed by atoms with van der Waals surface area (Å²) in [6, 6.07) is 0. The number of hydrogen-bond donors (Lipinski definition) is 1. The highest BCUT2D eigenvalue weighted by Crippen LogP contribution is 2.27. The summed E-state index contributed by atoms with van der Waals surface area (Å²) in [7, 11) is 0. The highest BCUT2D eigenvalue weighted by Gasteiger charge is 2.25. The van der Waals surface area contributed by atoms with Crippen molar-refractivity contribution in [3.8, 4) is 0 Å². The summed E-state index contributed by atoms with van der Waals surface area (Å²) in [4.78, 5) is 12.9. The Morgan fingerprint density at radius 3 is 2.71 bits per heavy atom. The number of carbonyl (C=O) groups is 1. The zero-order valence-corrected chi connectivity index (χ0v) is 7.99. The highest BCUT2D eigenvalue weighted by atomic mass is 16.5. The van der Waals surface area contributed by atoms with Gasteiger partial charge in [-0.1, -0.05) is 5.16 Å². The second-order valence-corrected chi connectivity index (χ2v) is 3.44. The first-order valence-corrected chi connectivity index (χ1v) is 4.64. The van der Waals surface area contributed by atoms with Crippen LogP contribution in [0.15, 0.2) is 4.52 Å². The van der Waals surface area contributed by atoms with Crippen LogP contribution in [0.25, 0.3) is 0 Å². The molecule has 0 atom stereocenters. The van der Waals surface area contributed by atoms with Crippen molar-refractivity contribution in [3.63, 3.8) is 0 Å². The van der Waals surface area contributed by atoms with Crippen molar-refractivity contribution in [1.82, 2.24) is 5.16 Å². The maximum absolute atomic E-state index is 10.8. The molecule has 1 aliphatic rings. The molecule has 76 valence electrons. The van der Waals surface area contributed by atoms with E-state index in [4.69, 9.17) is 9.63 Å². The molecule has 0 aromatic carbocycles. The van der Waals surface area contributed by atoms with Crippen molar-refractivity contribution in [2.75, 3.05) is 18.0 Å². The lowest BCUT2D eigenvalue weighted by Gasteiger charge is -2.15. The van der Waals surface area contributed by atoms with E-state index in [2.05, 4.69) is 5.16 Å². The van der Waals surface area contributed by atoms with Gasteiger partial charge in [0.1, 0.15) is 5.69 Å². The largest absolute Gasteiger partial charge is 0.476 e. The van der Waals surface area contributed by atoms with Gasteiger partial charge in [0.15, 0.2) is 5.76 Å². The van der Waals surface area contributed by atoms with Gasteiger partial charge in [-0.15, -0.1) is 0 Å². The zero-order valence-electron chi connectivity index (χ0n) is 7.99. The van der Waals surface area contributed by atoms with Crippen LogP contribution in [0, 0.1) is 6.92 Å². The van der Waals surface area contributed by atoms with Gasteiger partial charge in [-0.2, -0.15) is 0 Å². The second kappa shape index (κ2) is 3.32. The SMILES string of the molecule is Cc1onc(C(=O)O)c1N1CCCC1. The molecule has 5 nitrogen and oxygen atoms in total. The van der Waals surface area contributed by atoms with Gasteiger partial charge in [-0.05, 0) is 19.8 Å². The molecule has 1 aliphatic heterocycles. The third kappa shape index (κ3) is 1.34. The Balaban J connectivity index is 2.38. The topological polar surface area (TPSA) is 66.6 Å². The first-order chi connectivity index (χ1) is 6.70. The number of rotatable bonds is 2. The first kappa shape index (κ1) is 9.05. The maximum Gasteiger partial charge on any atom is 0.360 e. The fraction of sp³-hybridized carbons (Fsp3) is 0.556. The third-order valence-electron chi connectivity index (χ3n) is 2.46. The standard InChI is InChI=1S/C9H12N2O3/c1-6-8(11-4-2-3-5-11)7(9(12)13)10-14-6/h2-5H2,1H3,(H,12,13). The molecule has 0 saturated carbocycles. The van der Waals surface area contributed by atoms with Crippen molar-refractivity contribution in [2.24, 2.45) is 0 Å². The predicted molar refractivity (Wildman–Crippen MR) is 49.6 cm³/mol. The van der Waals surface area contributed by atoms with Gasteiger partial charge < -0.3 is 14.5 Å². The number of hydrogen-bond acceptors (Lipinski definition) is 4. The number of carboxylic acids is 1. The smallest absolute Gasteiger partial charge is 0.360 e. The Morgan fingerprint density at radius 2 is 2.14 bits per heavy atom. The molecule has 0 amide bonds. The first-order valence-electron chi connectivity index (χ1n) is 4.64. The molecule has 1 N–H and O–H groups in total. The monoisotopic (exact) mass is 196 g/mol. The van der Waals surface area contributed by atoms with E-state index in [9.17, 15) is 4.79 Å². The molecule has 0 radical (unpaired) electrons. The molecule has 0 spiro atoms. The van der Waals surface area contributed by atoms with Gasteiger partial charge in [0.05, 0.1) is 0 Å². The van der Waals surface area contributed by atoms with E-state index in [1.165, 1.54) is 0 Å². The lowest BCUT2D eigenvalue weighted by Crippen LogP contribution is -2.20. The van der Waals surface area contributed by atoms with E-state index >= 15 is 0 Å². The molecular formula is C9H12N2O3. The summed E-state index contributed by atoms with van der Waals surface area (Å²) in [5, 5.41) is 12.4. The maximum atomic E-state index is 10.8. The predicted octanol–water partition coefficient (Wildman–Crippen LogP) is 1.28. The Bertz CT molecular complexity index is 353. The van der Waals surface area contributed by atoms with Crippen LogP contribution >= 0.6 is 0 Å². The van der Waals surface area contributed by atoms with Crippen LogP contribution in [0.4, 0.5) is 5.69 Å². The van der Waals surface area contributed by atoms with Crippen LogP contribution in [0.2, 0.25) is 0 Å². The zero-order chi connectivity index (χ0) is 10.1. The second-order valence-electron chi connectivity index (χ2n) is 3.44. The molecular weight excluding hydrogens is 184 g/mol. The van der Waals surface area contributed by atoms with Gasteiger partial charge in [0, 0.05) is 13.1 Å². The number of nitrogens with zero attached hydrogens (tertiary/aromatic N) is 2. The highest BCUT2D eigenvalue weighted by molar-refractivity contribution is 5.92. The molecule has 0 aliphatic carbocycles. The molecule has 1 aromatic rings. The number of aromatic nitrogens is 1. The van der Waals surface area contributed by atoms with Gasteiger partial charge in [0.2, 0.25) is 5.69 Å². The average molecular weight is 196 g/mol. The summed E-state index contributed by atoms with van der Waals surface area (Å²) in [5.74, 6) is -0.437. The lowest BCUT2D eigenvalue weighted by molar-refractivity contribution is 0.0686. The summed E-state index contributed by atoms with van der Waals surface area (Å²) in [6.07, 6.45) is 2.20. The van der Waals surface area contributed by atoms with Crippen LogP contribution < -0.4 is 4.90 Å². The number of anilines is 1. The van der Waals surface area contributed by atoms with E-state index in [0.717, 1.165) is 25.9 Å². The molecule has 1 aromatic heterocycles. The molecule has 2 heterocycles. The van der Waals surface area contributed by atoms with Gasteiger partial charge in [0.25, 0.3) is 0 Å². The van der Waals surface area contributed by atoms with E-state index in [0.29, 0.717) is 11.4 Å². The van der Waals surface area contributed by atoms with Crippen molar-refractivity contribution < 1.29 is 14.4 Å². The van der Waals surface area contributed by atoms with Gasteiger partial charge in [-0.3, -0.25) is 0 Å². The summed E-state index contributed by atoms with van der Waals surface area (Å²) < 4.78 is 4.90. The Hall–Kier alpha value is -1.52. The number of aryl methyl sites for hydroxylation is 1. The van der Waals surface area contributed by atoms with Crippen LogP contribution in [-0.2, 0) is 0 Å². The third-order valence-corrected chi connectivity index (χ3v) is 2.46. The van der Waals surface area contributed by atoms with Crippen LogP contribution in [0.3, 0.4) is 0 Å². The number of carboxylic acid groups (broad SMARTS) is 1. The molecule has 1 fully saturated rings. The van der Waals surface area contributed by atoms with Gasteiger partial charge in [-0.25, -0.2) is 4.79 Å². The minimum absolute atomic E-state index is 0.0319. The van der Waals surface area contributed by atoms with Crippen LogP contribution in [0.1, 0.15) is 29.1 Å². The molecule has 2 rings (SSSR count). The summed E-state index contributed by atoms with van der Waals surface area (Å²) in [6.45, 7) is 3.53. The molecule has 0 unspecified atom stereocenters. The van der Waals surface area contributed by atoms with Crippen LogP contribution in [-0.4, -0.2) is 29.3 Å². The normalized spacial score (nSPS) is 16.2. The quantitative estimate of drug-likeness (QED) is 0.771. The Kier molecular flexibility index (Phi) is 2.15. The van der Waals surface area contributed by atoms with Crippen LogP contribution in [0.5, 0.6) is 0 Å². The minimum atomic E-state index is -1.02. The average Bonchev–Trinajstić information content (AvgIpc) is 2.71. The minimum Gasteiger partial charge on any atom is -0.476 e. The van der Waals surface area contributed by atoms with Crippen molar-refractivity contribution in [1.29, 1.82) is 0 Å². The fourth-order valence-electron chi connectivity index (χ4n) is 1.82.